The topological polar surface area (TPSA) is 97.0 Å². The van der Waals surface area contributed by atoms with E-state index >= 15 is 0 Å². The first-order valence-corrected chi connectivity index (χ1v) is 11.0. The smallest absolute Gasteiger partial charge is 0.429 e. The Balaban J connectivity index is 2.37. The molecule has 2 atom stereocenters. The molecule has 180 valence electrons. The highest BCUT2D eigenvalue weighted by molar-refractivity contribution is 5.85. The van der Waals surface area contributed by atoms with Crippen molar-refractivity contribution in [2.45, 2.75) is 72.1 Å². The number of amides is 3. The van der Waals surface area contributed by atoms with E-state index in [1.165, 1.54) is 11.9 Å². The molecule has 0 saturated heterocycles. The normalized spacial score (nSPS) is 18.5. The lowest BCUT2D eigenvalue weighted by Gasteiger charge is -2.34. The molecule has 1 aromatic carbocycles. The van der Waals surface area contributed by atoms with Gasteiger partial charge in [-0.1, -0.05) is 48.6 Å². The number of rotatable bonds is 4. The van der Waals surface area contributed by atoms with Crippen LogP contribution in [0.2, 0.25) is 0 Å². The average molecular weight is 458 g/mol. The fraction of sp³-hybridized carbons (Fsp3) is 0.480. The van der Waals surface area contributed by atoms with Crippen molar-refractivity contribution >= 4 is 23.8 Å². The van der Waals surface area contributed by atoms with Crippen molar-refractivity contribution in [1.29, 1.82) is 0 Å². The zero-order valence-electron chi connectivity index (χ0n) is 20.5. The van der Waals surface area contributed by atoms with Gasteiger partial charge in [0.25, 0.3) is 0 Å². The van der Waals surface area contributed by atoms with Crippen LogP contribution in [0, 0.1) is 5.92 Å². The summed E-state index contributed by atoms with van der Waals surface area (Å²) in [7, 11) is 0. The van der Waals surface area contributed by atoms with Gasteiger partial charge in [-0.2, -0.15) is 0 Å². The summed E-state index contributed by atoms with van der Waals surface area (Å²) < 4.78 is 10.9. The Morgan fingerprint density at radius 2 is 1.61 bits per heavy atom. The second kappa shape index (κ2) is 10.6. The van der Waals surface area contributed by atoms with Crippen LogP contribution in [0.4, 0.5) is 9.59 Å². The molecule has 0 heterocycles. The highest BCUT2D eigenvalue weighted by Gasteiger charge is 2.36. The Labute approximate surface area is 196 Å². The van der Waals surface area contributed by atoms with Crippen LogP contribution in [0.3, 0.4) is 0 Å². The molecular formula is C25H35N3O5. The third-order valence-electron chi connectivity index (χ3n) is 4.47. The van der Waals surface area contributed by atoms with Gasteiger partial charge in [-0.05, 0) is 53.5 Å². The van der Waals surface area contributed by atoms with E-state index in [4.69, 9.17) is 9.47 Å². The highest BCUT2D eigenvalue weighted by Crippen LogP contribution is 2.28. The number of benzene rings is 1. The molecule has 1 aliphatic carbocycles. The minimum absolute atomic E-state index is 0.209. The molecule has 2 rings (SSSR count). The molecule has 33 heavy (non-hydrogen) atoms. The molecule has 8 heteroatoms. The molecule has 3 amide bonds. The van der Waals surface area contributed by atoms with Crippen LogP contribution >= 0.6 is 0 Å². The van der Waals surface area contributed by atoms with E-state index in [2.05, 4.69) is 10.7 Å². The molecule has 0 bridgehead atoms. The van der Waals surface area contributed by atoms with E-state index in [1.807, 2.05) is 48.6 Å². The first-order chi connectivity index (χ1) is 15.2. The van der Waals surface area contributed by atoms with Crippen molar-refractivity contribution in [3.05, 3.63) is 54.1 Å². The Morgan fingerprint density at radius 3 is 2.15 bits per heavy atom. The van der Waals surface area contributed by atoms with Crippen LogP contribution in [-0.4, -0.2) is 40.3 Å². The summed E-state index contributed by atoms with van der Waals surface area (Å²) in [6.07, 6.45) is 4.77. The third kappa shape index (κ3) is 8.63. The monoisotopic (exact) mass is 457 g/mol. The zero-order valence-corrected chi connectivity index (χ0v) is 20.5. The van der Waals surface area contributed by atoms with Crippen LogP contribution in [0.5, 0.6) is 0 Å². The van der Waals surface area contributed by atoms with Gasteiger partial charge in [0, 0.05) is 18.5 Å². The van der Waals surface area contributed by atoms with Crippen LogP contribution in [0.1, 0.15) is 60.5 Å². The lowest BCUT2D eigenvalue weighted by Crippen LogP contribution is -2.55. The second-order valence-electron chi connectivity index (χ2n) is 9.90. The lowest BCUT2D eigenvalue weighted by molar-refractivity contribution is -0.117. The maximum Gasteiger partial charge on any atom is 0.429 e. The molecule has 1 aromatic rings. The predicted molar refractivity (Wildman–Crippen MR) is 127 cm³/mol. The molecular weight excluding hydrogens is 422 g/mol. The van der Waals surface area contributed by atoms with Crippen LogP contribution in [0.15, 0.2) is 48.6 Å². The van der Waals surface area contributed by atoms with Gasteiger partial charge in [0.05, 0.1) is 6.04 Å². The first kappa shape index (κ1) is 26.0. The fourth-order valence-electron chi connectivity index (χ4n) is 3.29. The zero-order chi connectivity index (χ0) is 24.8. The SMILES string of the molecule is CC(=O)N/C(=C\[C@H]1C=CC[C@@H]1N(NC(=O)OC(C)(C)C)C(=O)OC(C)(C)C)c1ccccc1. The van der Waals surface area contributed by atoms with E-state index in [-0.39, 0.29) is 11.8 Å². The fourth-order valence-corrected chi connectivity index (χ4v) is 3.29. The van der Waals surface area contributed by atoms with Gasteiger partial charge < -0.3 is 14.8 Å². The Bertz CT molecular complexity index is 910. The van der Waals surface area contributed by atoms with Crippen LogP contribution in [-0.2, 0) is 14.3 Å². The Morgan fingerprint density at radius 1 is 1.00 bits per heavy atom. The molecule has 0 radical (unpaired) electrons. The van der Waals surface area contributed by atoms with Gasteiger partial charge in [0.15, 0.2) is 0 Å². The largest absolute Gasteiger partial charge is 0.443 e. The molecule has 0 aromatic heterocycles. The van der Waals surface area contributed by atoms with E-state index < -0.39 is 29.4 Å². The molecule has 1 aliphatic rings. The number of hydrogen-bond donors (Lipinski definition) is 2. The summed E-state index contributed by atoms with van der Waals surface area (Å²) in [6, 6.07) is 8.95. The van der Waals surface area contributed by atoms with Gasteiger partial charge >= 0.3 is 12.2 Å². The molecule has 2 N–H and O–H groups in total. The quantitative estimate of drug-likeness (QED) is 0.501. The molecule has 0 saturated carbocycles. The molecule has 0 unspecified atom stereocenters. The lowest BCUT2D eigenvalue weighted by atomic mass is 9.99. The Kier molecular flexibility index (Phi) is 8.30. The standard InChI is InChI=1S/C25H35N3O5/c1-17(29)26-20(18-12-9-8-10-13-18)16-19-14-11-15-21(19)28(23(31)33-25(5,6)7)27-22(30)32-24(2,3)4/h8-14,16,19,21H,15H2,1-7H3,(H,26,29)(H,27,30)/b20-16-/t19-,21+/m1/s1. The minimum Gasteiger partial charge on any atom is -0.443 e. The van der Waals surface area contributed by atoms with Gasteiger partial charge in [-0.3, -0.25) is 4.79 Å². The summed E-state index contributed by atoms with van der Waals surface area (Å²) in [5, 5.41) is 4.04. The molecule has 0 spiro atoms. The van der Waals surface area contributed by atoms with E-state index in [9.17, 15) is 14.4 Å². The highest BCUT2D eigenvalue weighted by atomic mass is 16.6. The van der Waals surface area contributed by atoms with Crippen molar-refractivity contribution in [2.75, 3.05) is 0 Å². The molecule has 8 nitrogen and oxygen atoms in total. The Hall–Kier alpha value is -3.29. The summed E-state index contributed by atoms with van der Waals surface area (Å²) in [4.78, 5) is 37.4. The first-order valence-electron chi connectivity index (χ1n) is 11.0. The van der Waals surface area contributed by atoms with Crippen molar-refractivity contribution in [3.8, 4) is 0 Å². The van der Waals surface area contributed by atoms with Gasteiger partial charge in [0.2, 0.25) is 5.91 Å². The van der Waals surface area contributed by atoms with Crippen molar-refractivity contribution in [3.63, 3.8) is 0 Å². The van der Waals surface area contributed by atoms with Gasteiger partial charge in [0.1, 0.15) is 11.2 Å². The summed E-state index contributed by atoms with van der Waals surface area (Å²) >= 11 is 0. The van der Waals surface area contributed by atoms with Crippen molar-refractivity contribution in [2.24, 2.45) is 5.92 Å². The number of carbonyl (C=O) groups excluding carboxylic acids is 3. The molecule has 0 aliphatic heterocycles. The second-order valence-corrected chi connectivity index (χ2v) is 9.90. The predicted octanol–water partition coefficient (Wildman–Crippen LogP) is 4.79. The number of ether oxygens (including phenoxy) is 2. The number of hydrazine groups is 1. The summed E-state index contributed by atoms with van der Waals surface area (Å²) in [5.74, 6) is -0.506. The maximum atomic E-state index is 13.0. The van der Waals surface area contributed by atoms with Crippen LogP contribution in [0.25, 0.3) is 5.70 Å². The summed E-state index contributed by atoms with van der Waals surface area (Å²) in [6.45, 7) is 11.9. The number of carbonyl (C=O) groups is 3. The maximum absolute atomic E-state index is 13.0. The van der Waals surface area contributed by atoms with E-state index in [0.29, 0.717) is 12.1 Å². The van der Waals surface area contributed by atoms with Crippen molar-refractivity contribution < 1.29 is 23.9 Å². The minimum atomic E-state index is -0.756. The van der Waals surface area contributed by atoms with Gasteiger partial charge in [-0.25, -0.2) is 20.0 Å². The number of nitrogens with zero attached hydrogens (tertiary/aromatic N) is 1. The van der Waals surface area contributed by atoms with Crippen LogP contribution < -0.4 is 10.7 Å². The van der Waals surface area contributed by atoms with E-state index in [0.717, 1.165) is 5.56 Å². The third-order valence-corrected chi connectivity index (χ3v) is 4.47. The van der Waals surface area contributed by atoms with E-state index in [1.54, 1.807) is 41.5 Å². The average Bonchev–Trinajstić information content (AvgIpc) is 3.11. The van der Waals surface area contributed by atoms with Gasteiger partial charge in [-0.15, -0.1) is 0 Å². The number of nitrogens with one attached hydrogen (secondary N) is 2. The van der Waals surface area contributed by atoms with Crippen molar-refractivity contribution in [1.82, 2.24) is 15.8 Å². The summed E-state index contributed by atoms with van der Waals surface area (Å²) in [5.41, 5.74) is 2.52. The number of hydrogen-bond acceptors (Lipinski definition) is 5. The molecule has 0 fully saturated rings.